The predicted octanol–water partition coefficient (Wildman–Crippen LogP) is 2.93. The van der Waals surface area contributed by atoms with Gasteiger partial charge in [0.2, 0.25) is 0 Å². The lowest BCUT2D eigenvalue weighted by Gasteiger charge is -2.27. The van der Waals surface area contributed by atoms with Crippen molar-refractivity contribution >= 4 is 18.3 Å². The Morgan fingerprint density at radius 2 is 1.65 bits per heavy atom. The summed E-state index contributed by atoms with van der Waals surface area (Å²) in [7, 11) is 0. The normalized spacial score (nSPS) is 14.3. The lowest BCUT2D eigenvalue weighted by atomic mass is 10.2. The highest BCUT2D eigenvalue weighted by atomic mass is 35.5. The molecule has 0 aliphatic carbocycles. The molecule has 0 radical (unpaired) electrons. The zero-order valence-electron chi connectivity index (χ0n) is 14.8. The number of halogens is 1. The maximum Gasteiger partial charge on any atom is 0.251 e. The number of amides is 1. The summed E-state index contributed by atoms with van der Waals surface area (Å²) in [4.78, 5) is 14.6. The number of benzene rings is 2. The van der Waals surface area contributed by atoms with Gasteiger partial charge in [-0.1, -0.05) is 18.2 Å². The van der Waals surface area contributed by atoms with Gasteiger partial charge in [0.1, 0.15) is 11.5 Å². The van der Waals surface area contributed by atoms with Gasteiger partial charge in [0.05, 0.1) is 0 Å². The summed E-state index contributed by atoms with van der Waals surface area (Å²) in [5.74, 6) is 1.47. The quantitative estimate of drug-likeness (QED) is 0.730. The maximum atomic E-state index is 12.2. The molecular formula is C20H26ClN3O2. The molecule has 1 aliphatic heterocycles. The van der Waals surface area contributed by atoms with E-state index in [0.29, 0.717) is 12.1 Å². The second-order valence-electron chi connectivity index (χ2n) is 6.14. The smallest absolute Gasteiger partial charge is 0.251 e. The van der Waals surface area contributed by atoms with Gasteiger partial charge in [-0.15, -0.1) is 12.4 Å². The van der Waals surface area contributed by atoms with Gasteiger partial charge in [-0.25, -0.2) is 0 Å². The van der Waals surface area contributed by atoms with E-state index >= 15 is 0 Å². The number of hydrogen-bond donors (Lipinski definition) is 2. The Morgan fingerprint density at radius 1 is 1.00 bits per heavy atom. The third kappa shape index (κ3) is 6.33. The predicted molar refractivity (Wildman–Crippen MR) is 106 cm³/mol. The topological polar surface area (TPSA) is 53.6 Å². The SMILES string of the molecule is Cl.O=C(NCCCN1CCNCC1)c1ccc(Oc2ccccc2)cc1. The number of rotatable bonds is 7. The van der Waals surface area contributed by atoms with Crippen molar-refractivity contribution in [1.82, 2.24) is 15.5 Å². The molecule has 2 N–H and O–H groups in total. The van der Waals surface area contributed by atoms with Crippen LogP contribution in [0.2, 0.25) is 0 Å². The summed E-state index contributed by atoms with van der Waals surface area (Å²) in [6, 6.07) is 16.8. The molecule has 1 fully saturated rings. The number of nitrogens with zero attached hydrogens (tertiary/aromatic N) is 1. The molecule has 5 nitrogen and oxygen atoms in total. The van der Waals surface area contributed by atoms with Crippen LogP contribution in [0.15, 0.2) is 54.6 Å². The first-order valence-electron chi connectivity index (χ1n) is 8.85. The van der Waals surface area contributed by atoms with E-state index in [2.05, 4.69) is 15.5 Å². The van der Waals surface area contributed by atoms with Gasteiger partial charge >= 0.3 is 0 Å². The van der Waals surface area contributed by atoms with Crippen LogP contribution in [0.5, 0.6) is 11.5 Å². The van der Waals surface area contributed by atoms with Crippen LogP contribution < -0.4 is 15.4 Å². The molecule has 3 rings (SSSR count). The van der Waals surface area contributed by atoms with Gasteiger partial charge in [0, 0.05) is 38.3 Å². The molecule has 0 aromatic heterocycles. The minimum Gasteiger partial charge on any atom is -0.457 e. The number of para-hydroxylation sites is 1. The molecule has 0 unspecified atom stereocenters. The number of carbonyl (C=O) groups excluding carboxylic acids is 1. The van der Waals surface area contributed by atoms with Crippen LogP contribution in [0.4, 0.5) is 0 Å². The standard InChI is InChI=1S/C20H25N3O2.ClH/c24-20(22-11-4-14-23-15-12-21-13-16-23)17-7-9-19(10-8-17)25-18-5-2-1-3-6-18;/h1-3,5-10,21H,4,11-16H2,(H,22,24);1H. The second kappa shape index (κ2) is 10.8. The molecular weight excluding hydrogens is 350 g/mol. The first-order chi connectivity index (χ1) is 12.3. The Bertz CT molecular complexity index is 659. The maximum absolute atomic E-state index is 12.2. The molecule has 0 atom stereocenters. The van der Waals surface area contributed by atoms with Crippen molar-refractivity contribution in [1.29, 1.82) is 0 Å². The third-order valence-corrected chi connectivity index (χ3v) is 4.24. The Balaban J connectivity index is 0.00000243. The van der Waals surface area contributed by atoms with Gasteiger partial charge < -0.3 is 20.3 Å². The lowest BCUT2D eigenvalue weighted by molar-refractivity contribution is 0.0951. The highest BCUT2D eigenvalue weighted by Crippen LogP contribution is 2.21. The first kappa shape index (κ1) is 20.2. The Morgan fingerprint density at radius 3 is 2.35 bits per heavy atom. The molecule has 0 bridgehead atoms. The van der Waals surface area contributed by atoms with Crippen LogP contribution in [0.1, 0.15) is 16.8 Å². The van der Waals surface area contributed by atoms with Gasteiger partial charge in [0.15, 0.2) is 0 Å². The third-order valence-electron chi connectivity index (χ3n) is 4.24. The van der Waals surface area contributed by atoms with Crippen molar-refractivity contribution in [3.63, 3.8) is 0 Å². The van der Waals surface area contributed by atoms with E-state index in [4.69, 9.17) is 4.74 Å². The van der Waals surface area contributed by atoms with Crippen LogP contribution in [-0.2, 0) is 0 Å². The first-order valence-corrected chi connectivity index (χ1v) is 8.85. The molecule has 1 heterocycles. The van der Waals surface area contributed by atoms with Crippen molar-refractivity contribution in [2.45, 2.75) is 6.42 Å². The van der Waals surface area contributed by atoms with E-state index in [9.17, 15) is 4.79 Å². The molecule has 2 aromatic rings. The van der Waals surface area contributed by atoms with Gasteiger partial charge in [-0.3, -0.25) is 4.79 Å². The van der Waals surface area contributed by atoms with Crippen molar-refractivity contribution in [3.05, 3.63) is 60.2 Å². The van der Waals surface area contributed by atoms with Crippen LogP contribution in [0, 0.1) is 0 Å². The summed E-state index contributed by atoms with van der Waals surface area (Å²) in [5.41, 5.74) is 0.655. The van der Waals surface area contributed by atoms with Crippen LogP contribution in [0.25, 0.3) is 0 Å². The van der Waals surface area contributed by atoms with Crippen LogP contribution >= 0.6 is 12.4 Å². The van der Waals surface area contributed by atoms with Crippen molar-refractivity contribution in [2.75, 3.05) is 39.3 Å². The average Bonchev–Trinajstić information content (AvgIpc) is 2.67. The molecule has 26 heavy (non-hydrogen) atoms. The van der Waals surface area contributed by atoms with Crippen LogP contribution in [-0.4, -0.2) is 50.1 Å². The number of hydrogen-bond acceptors (Lipinski definition) is 4. The van der Waals surface area contributed by atoms with E-state index in [1.54, 1.807) is 12.1 Å². The molecule has 6 heteroatoms. The van der Waals surface area contributed by atoms with Crippen molar-refractivity contribution in [2.24, 2.45) is 0 Å². The number of nitrogens with one attached hydrogen (secondary N) is 2. The van der Waals surface area contributed by atoms with E-state index in [1.165, 1.54) is 0 Å². The van der Waals surface area contributed by atoms with Crippen LogP contribution in [0.3, 0.4) is 0 Å². The fourth-order valence-electron chi connectivity index (χ4n) is 2.84. The van der Waals surface area contributed by atoms with Gasteiger partial charge in [-0.05, 0) is 49.4 Å². The molecule has 1 amide bonds. The molecule has 1 aliphatic rings. The number of ether oxygens (including phenoxy) is 1. The Labute approximate surface area is 161 Å². The summed E-state index contributed by atoms with van der Waals surface area (Å²) in [6.45, 7) is 6.04. The van der Waals surface area contributed by atoms with E-state index in [-0.39, 0.29) is 18.3 Å². The average molecular weight is 376 g/mol. The minimum atomic E-state index is -0.0356. The minimum absolute atomic E-state index is 0. The Hall–Kier alpha value is -2.08. The lowest BCUT2D eigenvalue weighted by Crippen LogP contribution is -2.44. The zero-order chi connectivity index (χ0) is 17.3. The molecule has 2 aromatic carbocycles. The monoisotopic (exact) mass is 375 g/mol. The summed E-state index contributed by atoms with van der Waals surface area (Å²) < 4.78 is 5.74. The number of piperazine rings is 1. The highest BCUT2D eigenvalue weighted by Gasteiger charge is 2.09. The highest BCUT2D eigenvalue weighted by molar-refractivity contribution is 5.94. The molecule has 0 saturated carbocycles. The van der Waals surface area contributed by atoms with Gasteiger partial charge in [-0.2, -0.15) is 0 Å². The van der Waals surface area contributed by atoms with Crippen molar-refractivity contribution in [3.8, 4) is 11.5 Å². The van der Waals surface area contributed by atoms with E-state index in [0.717, 1.165) is 50.6 Å². The van der Waals surface area contributed by atoms with E-state index < -0.39 is 0 Å². The summed E-state index contributed by atoms with van der Waals surface area (Å²) >= 11 is 0. The molecule has 140 valence electrons. The summed E-state index contributed by atoms with van der Waals surface area (Å²) in [5, 5.41) is 6.33. The fourth-order valence-corrected chi connectivity index (χ4v) is 2.84. The van der Waals surface area contributed by atoms with E-state index in [1.807, 2.05) is 42.5 Å². The van der Waals surface area contributed by atoms with Crippen molar-refractivity contribution < 1.29 is 9.53 Å². The van der Waals surface area contributed by atoms with Gasteiger partial charge in [0.25, 0.3) is 5.91 Å². The molecule has 0 spiro atoms. The number of carbonyl (C=O) groups is 1. The second-order valence-corrected chi connectivity index (χ2v) is 6.14. The Kier molecular flexibility index (Phi) is 8.41. The largest absolute Gasteiger partial charge is 0.457 e. The molecule has 1 saturated heterocycles. The fraction of sp³-hybridized carbons (Fsp3) is 0.350. The zero-order valence-corrected chi connectivity index (χ0v) is 15.6. The summed E-state index contributed by atoms with van der Waals surface area (Å²) in [6.07, 6.45) is 0.973.